The molecule has 3 nitrogen and oxygen atoms in total. The number of ether oxygens (including phenoxy) is 1. The van der Waals surface area contributed by atoms with Gasteiger partial charge in [0.25, 0.3) is 0 Å². The van der Waals surface area contributed by atoms with E-state index < -0.39 is 0 Å². The molecule has 5 heteroatoms. The van der Waals surface area contributed by atoms with Crippen LogP contribution in [0.1, 0.15) is 33.2 Å². The van der Waals surface area contributed by atoms with E-state index in [-0.39, 0.29) is 11.6 Å². The van der Waals surface area contributed by atoms with Crippen molar-refractivity contribution in [1.82, 2.24) is 0 Å². The number of ketones is 2. The van der Waals surface area contributed by atoms with Crippen LogP contribution < -0.4 is 4.74 Å². The molecule has 0 fully saturated rings. The van der Waals surface area contributed by atoms with Crippen molar-refractivity contribution in [3.05, 3.63) is 130 Å². The van der Waals surface area contributed by atoms with Gasteiger partial charge in [-0.15, -0.1) is 0 Å². The van der Waals surface area contributed by atoms with Gasteiger partial charge in [0.2, 0.25) is 0 Å². The highest BCUT2D eigenvalue weighted by Gasteiger charge is 2.14. The van der Waals surface area contributed by atoms with Crippen LogP contribution in [0.5, 0.6) is 11.5 Å². The lowest BCUT2D eigenvalue weighted by Crippen LogP contribution is -2.02. The Balaban J connectivity index is 1.72. The third-order valence-corrected chi connectivity index (χ3v) is 5.16. The highest BCUT2D eigenvalue weighted by Crippen LogP contribution is 2.26. The van der Waals surface area contributed by atoms with Gasteiger partial charge in [0.15, 0.2) is 11.6 Å². The van der Waals surface area contributed by atoms with Crippen LogP contribution in [0, 0.1) is 0 Å². The smallest absolute Gasteiger partial charge is 0.194 e. The first-order valence-electron chi connectivity index (χ1n) is 9.80. The number of rotatable bonds is 8. The van der Waals surface area contributed by atoms with Gasteiger partial charge in [-0.2, -0.15) is 0 Å². The molecule has 0 saturated carbocycles. The number of benzene rings is 3. The molecule has 0 radical (unpaired) electrons. The van der Waals surface area contributed by atoms with Crippen LogP contribution in [-0.4, -0.2) is 11.6 Å². The van der Waals surface area contributed by atoms with Gasteiger partial charge in [0.05, 0.1) is 5.02 Å². The standard InChI is InChI=1S/C27H20Cl2O3/c1-3-5-6-18(4-2)26(30)19-7-12-22(13-8-19)32-23-14-9-20(10-15-23)27(31)24-17-21(28)11-16-25(24)29/h3-17H,2H2,1H3/b5-3-,18-6+. The van der Waals surface area contributed by atoms with Crippen molar-refractivity contribution in [2.24, 2.45) is 0 Å². The zero-order chi connectivity index (χ0) is 23.1. The fraction of sp³-hybridized carbons (Fsp3) is 0.0370. The molecule has 0 bridgehead atoms. The highest BCUT2D eigenvalue weighted by atomic mass is 35.5. The molecule has 0 aromatic heterocycles. The summed E-state index contributed by atoms with van der Waals surface area (Å²) in [5, 5.41) is 0.784. The Labute approximate surface area is 197 Å². The van der Waals surface area contributed by atoms with Crippen molar-refractivity contribution in [3.8, 4) is 11.5 Å². The largest absolute Gasteiger partial charge is 0.457 e. The Morgan fingerprint density at radius 1 is 0.875 bits per heavy atom. The average molecular weight is 463 g/mol. The van der Waals surface area contributed by atoms with Crippen LogP contribution in [-0.2, 0) is 0 Å². The lowest BCUT2D eigenvalue weighted by molar-refractivity contribution is 0.103. The van der Waals surface area contributed by atoms with Gasteiger partial charge in [-0.25, -0.2) is 0 Å². The number of carbonyl (C=O) groups is 2. The Bertz CT molecular complexity index is 1200. The van der Waals surface area contributed by atoms with Crippen molar-refractivity contribution >= 4 is 34.8 Å². The summed E-state index contributed by atoms with van der Waals surface area (Å²) >= 11 is 12.1. The maximum Gasteiger partial charge on any atom is 0.194 e. The van der Waals surface area contributed by atoms with Gasteiger partial charge in [0, 0.05) is 27.3 Å². The molecule has 0 spiro atoms. The van der Waals surface area contributed by atoms with E-state index in [1.165, 1.54) is 6.08 Å². The number of allylic oxidation sites excluding steroid dienone is 5. The predicted molar refractivity (Wildman–Crippen MR) is 130 cm³/mol. The Morgan fingerprint density at radius 3 is 2.03 bits per heavy atom. The molecule has 3 aromatic rings. The summed E-state index contributed by atoms with van der Waals surface area (Å²) in [6.07, 6.45) is 6.89. The summed E-state index contributed by atoms with van der Waals surface area (Å²) in [7, 11) is 0. The molecule has 0 N–H and O–H groups in total. The summed E-state index contributed by atoms with van der Waals surface area (Å²) in [6, 6.07) is 18.3. The molecule has 3 rings (SSSR count). The summed E-state index contributed by atoms with van der Waals surface area (Å²) in [5.74, 6) is 0.775. The van der Waals surface area contributed by atoms with Gasteiger partial charge in [-0.05, 0) is 73.7 Å². The maximum atomic E-state index is 12.7. The third kappa shape index (κ3) is 5.64. The number of hydrogen-bond acceptors (Lipinski definition) is 3. The first-order valence-corrected chi connectivity index (χ1v) is 10.6. The second-order valence-corrected chi connectivity index (χ2v) is 7.63. The second kappa shape index (κ2) is 10.8. The number of Topliss-reactive ketones (excluding diaryl/α,β-unsaturated/α-hetero) is 1. The maximum absolute atomic E-state index is 12.7. The minimum absolute atomic E-state index is 0.118. The first kappa shape index (κ1) is 23.3. The second-order valence-electron chi connectivity index (χ2n) is 6.79. The molecule has 0 saturated heterocycles. The zero-order valence-corrected chi connectivity index (χ0v) is 18.9. The fourth-order valence-corrected chi connectivity index (χ4v) is 3.29. The molecule has 0 unspecified atom stereocenters. The lowest BCUT2D eigenvalue weighted by Gasteiger charge is -2.08. The molecule has 0 amide bonds. The summed E-state index contributed by atoms with van der Waals surface area (Å²) in [5.41, 5.74) is 1.85. The van der Waals surface area contributed by atoms with E-state index in [1.54, 1.807) is 78.9 Å². The molecule has 160 valence electrons. The minimum Gasteiger partial charge on any atom is -0.457 e. The van der Waals surface area contributed by atoms with E-state index in [1.807, 2.05) is 13.0 Å². The summed E-state index contributed by atoms with van der Waals surface area (Å²) < 4.78 is 5.83. The van der Waals surface area contributed by atoms with Gasteiger partial charge >= 0.3 is 0 Å². The van der Waals surface area contributed by atoms with Crippen LogP contribution in [0.15, 0.2) is 103 Å². The van der Waals surface area contributed by atoms with Crippen LogP contribution >= 0.6 is 23.2 Å². The monoisotopic (exact) mass is 462 g/mol. The molecule has 32 heavy (non-hydrogen) atoms. The van der Waals surface area contributed by atoms with Crippen molar-refractivity contribution < 1.29 is 14.3 Å². The highest BCUT2D eigenvalue weighted by molar-refractivity contribution is 6.36. The quantitative estimate of drug-likeness (QED) is 0.194. The van der Waals surface area contributed by atoms with Gasteiger partial charge in [-0.1, -0.05) is 54.1 Å². The van der Waals surface area contributed by atoms with Gasteiger partial charge in [-0.3, -0.25) is 9.59 Å². The fourth-order valence-electron chi connectivity index (χ4n) is 2.91. The van der Waals surface area contributed by atoms with Crippen molar-refractivity contribution in [2.45, 2.75) is 6.92 Å². The van der Waals surface area contributed by atoms with Crippen LogP contribution in [0.2, 0.25) is 10.0 Å². The van der Waals surface area contributed by atoms with E-state index in [4.69, 9.17) is 27.9 Å². The van der Waals surface area contributed by atoms with E-state index in [9.17, 15) is 9.59 Å². The van der Waals surface area contributed by atoms with Gasteiger partial charge in [0.1, 0.15) is 11.5 Å². The van der Waals surface area contributed by atoms with E-state index in [0.29, 0.717) is 43.8 Å². The van der Waals surface area contributed by atoms with Crippen LogP contribution in [0.3, 0.4) is 0 Å². The van der Waals surface area contributed by atoms with Crippen LogP contribution in [0.25, 0.3) is 0 Å². The van der Waals surface area contributed by atoms with Crippen molar-refractivity contribution in [1.29, 1.82) is 0 Å². The average Bonchev–Trinajstić information content (AvgIpc) is 2.81. The van der Waals surface area contributed by atoms with E-state index in [0.717, 1.165) is 0 Å². The lowest BCUT2D eigenvalue weighted by atomic mass is 10.0. The Morgan fingerprint density at radius 2 is 1.47 bits per heavy atom. The molecule has 3 aromatic carbocycles. The normalized spacial score (nSPS) is 11.4. The van der Waals surface area contributed by atoms with E-state index in [2.05, 4.69) is 6.58 Å². The number of carbonyl (C=O) groups excluding carboxylic acids is 2. The molecule has 0 aliphatic rings. The predicted octanol–water partition coefficient (Wildman–Crippen LogP) is 7.89. The summed E-state index contributed by atoms with van der Waals surface area (Å²) in [4.78, 5) is 25.3. The Hall–Kier alpha value is -3.40. The van der Waals surface area contributed by atoms with Crippen molar-refractivity contribution in [3.63, 3.8) is 0 Å². The molecular formula is C27H20Cl2O3. The number of hydrogen-bond donors (Lipinski definition) is 0. The summed E-state index contributed by atoms with van der Waals surface area (Å²) in [6.45, 7) is 5.57. The SMILES string of the molecule is C=C/C(=C\C=C/C)C(=O)c1ccc(Oc2ccc(C(=O)c3cc(Cl)ccc3Cl)cc2)cc1. The van der Waals surface area contributed by atoms with E-state index >= 15 is 0 Å². The molecule has 0 aliphatic heterocycles. The number of halogens is 2. The van der Waals surface area contributed by atoms with Crippen LogP contribution in [0.4, 0.5) is 0 Å². The zero-order valence-electron chi connectivity index (χ0n) is 17.3. The minimum atomic E-state index is -0.226. The van der Waals surface area contributed by atoms with Crippen molar-refractivity contribution in [2.75, 3.05) is 0 Å². The molecule has 0 aliphatic carbocycles. The molecule has 0 atom stereocenters. The molecular weight excluding hydrogens is 443 g/mol. The Kier molecular flexibility index (Phi) is 7.82. The first-order chi connectivity index (χ1) is 15.4. The van der Waals surface area contributed by atoms with Gasteiger partial charge < -0.3 is 4.74 Å². The molecule has 0 heterocycles. The third-order valence-electron chi connectivity index (χ3n) is 4.59. The topological polar surface area (TPSA) is 43.4 Å².